The van der Waals surface area contributed by atoms with Crippen LogP contribution < -0.4 is 16.0 Å². The van der Waals surface area contributed by atoms with Crippen LogP contribution in [0.15, 0.2) is 18.2 Å². The molecule has 3 nitrogen and oxygen atoms in total. The molecule has 64 valence electrons. The molecule has 1 aromatic carbocycles. The minimum Gasteiger partial charge on any atom is -0.302 e. The van der Waals surface area contributed by atoms with Gasteiger partial charge >= 0.3 is 0 Å². The Morgan fingerprint density at radius 2 is 2.25 bits per heavy atom. The Morgan fingerprint density at radius 3 is 3.00 bits per heavy atom. The Kier molecular flexibility index (Phi) is 1.66. The number of nitrogens with one attached hydrogen (secondary N) is 2. The monoisotopic (exact) mass is 163 g/mol. The Hall–Kier alpha value is -1.22. The molecule has 3 heteroatoms. The number of fused-ring (bicyclic) bond motifs is 1. The van der Waals surface area contributed by atoms with Crippen LogP contribution in [-0.2, 0) is 0 Å². The third kappa shape index (κ3) is 1.02. The average molecular weight is 163 g/mol. The van der Waals surface area contributed by atoms with Crippen LogP contribution in [-0.4, -0.2) is 6.54 Å². The first-order chi connectivity index (χ1) is 5.81. The zero-order chi connectivity index (χ0) is 8.55. The van der Waals surface area contributed by atoms with Crippen molar-refractivity contribution in [2.24, 2.45) is 0 Å². The Balaban J connectivity index is 2.42. The van der Waals surface area contributed by atoms with Crippen molar-refractivity contribution in [1.82, 2.24) is 5.53 Å². The van der Waals surface area contributed by atoms with Crippen LogP contribution in [0.4, 0.5) is 11.4 Å². The molecule has 0 saturated carbocycles. The summed E-state index contributed by atoms with van der Waals surface area (Å²) in [5.74, 6) is 0. The van der Waals surface area contributed by atoms with E-state index in [1.807, 2.05) is 0 Å². The molecule has 0 saturated heterocycles. The van der Waals surface area contributed by atoms with Crippen LogP contribution >= 0.6 is 0 Å². The quantitative estimate of drug-likeness (QED) is 0.659. The lowest BCUT2D eigenvalue weighted by molar-refractivity contribution is 0.752. The zero-order valence-corrected chi connectivity index (χ0v) is 7.39. The first-order valence-corrected chi connectivity index (χ1v) is 4.21. The van der Waals surface area contributed by atoms with Gasteiger partial charge in [-0.05, 0) is 31.5 Å². The van der Waals surface area contributed by atoms with E-state index >= 15 is 0 Å². The van der Waals surface area contributed by atoms with Gasteiger partial charge in [-0.2, -0.15) is 0 Å². The lowest BCUT2D eigenvalue weighted by Gasteiger charge is -2.14. The number of hydrazine groups is 2. The summed E-state index contributed by atoms with van der Waals surface area (Å²) in [5.41, 5.74) is 9.86. The van der Waals surface area contributed by atoms with Crippen molar-refractivity contribution >= 4 is 11.4 Å². The first-order valence-electron chi connectivity index (χ1n) is 4.21. The van der Waals surface area contributed by atoms with Gasteiger partial charge in [-0.3, -0.25) is 5.01 Å². The van der Waals surface area contributed by atoms with E-state index < -0.39 is 0 Å². The van der Waals surface area contributed by atoms with Crippen molar-refractivity contribution in [2.75, 3.05) is 17.0 Å². The van der Waals surface area contributed by atoms with E-state index in [0.717, 1.165) is 12.2 Å². The molecule has 1 aromatic rings. The number of nitrogens with zero attached hydrogens (tertiary/aromatic N) is 1. The summed E-state index contributed by atoms with van der Waals surface area (Å²) in [7, 11) is 0. The summed E-state index contributed by atoms with van der Waals surface area (Å²) in [6, 6.07) is 6.37. The molecule has 0 aliphatic carbocycles. The molecular weight excluding hydrogens is 150 g/mol. The van der Waals surface area contributed by atoms with Crippen molar-refractivity contribution in [2.45, 2.75) is 13.8 Å². The fraction of sp³-hybridized carbons (Fsp3) is 0.333. The molecule has 0 radical (unpaired) electrons. The molecule has 1 aliphatic rings. The number of hydrogen-bond donors (Lipinski definition) is 2. The molecule has 12 heavy (non-hydrogen) atoms. The molecule has 0 bridgehead atoms. The van der Waals surface area contributed by atoms with Gasteiger partial charge in [-0.15, -0.1) is 5.53 Å². The lowest BCUT2D eigenvalue weighted by atomic mass is 10.2. The summed E-state index contributed by atoms with van der Waals surface area (Å²) in [6.45, 7) is 5.18. The van der Waals surface area contributed by atoms with E-state index in [2.05, 4.69) is 48.0 Å². The van der Waals surface area contributed by atoms with Crippen LogP contribution in [0.2, 0.25) is 0 Å². The normalized spacial score (nSPS) is 14.3. The van der Waals surface area contributed by atoms with Crippen molar-refractivity contribution < 1.29 is 0 Å². The molecule has 1 aliphatic heterocycles. The maximum absolute atomic E-state index is 3.10. The van der Waals surface area contributed by atoms with E-state index in [1.165, 1.54) is 11.3 Å². The van der Waals surface area contributed by atoms with Gasteiger partial charge < -0.3 is 5.43 Å². The van der Waals surface area contributed by atoms with Crippen molar-refractivity contribution in [3.05, 3.63) is 23.8 Å². The van der Waals surface area contributed by atoms with Gasteiger partial charge in [0.2, 0.25) is 0 Å². The second-order valence-electron chi connectivity index (χ2n) is 3.00. The van der Waals surface area contributed by atoms with Gasteiger partial charge in [0.1, 0.15) is 0 Å². The highest BCUT2D eigenvalue weighted by molar-refractivity contribution is 5.73. The lowest BCUT2D eigenvalue weighted by Crippen LogP contribution is -2.35. The maximum Gasteiger partial charge on any atom is 0.0785 e. The maximum atomic E-state index is 3.10. The summed E-state index contributed by atoms with van der Waals surface area (Å²) in [6.07, 6.45) is 0. The van der Waals surface area contributed by atoms with Gasteiger partial charge in [0.05, 0.1) is 11.4 Å². The molecule has 1 heterocycles. The zero-order valence-electron chi connectivity index (χ0n) is 7.39. The van der Waals surface area contributed by atoms with E-state index in [4.69, 9.17) is 0 Å². The molecule has 0 fully saturated rings. The SMILES string of the molecule is CCN1NNc2ccc(C)cc21. The molecule has 0 spiro atoms. The summed E-state index contributed by atoms with van der Waals surface area (Å²) >= 11 is 0. The summed E-state index contributed by atoms with van der Waals surface area (Å²) in [5, 5.41) is 2.09. The standard InChI is InChI=1S/C9H13N3/c1-3-12-9-6-7(2)4-5-8(9)10-11-12/h4-6,10-11H,3H2,1-2H3. The molecule has 2 N–H and O–H groups in total. The molecule has 0 unspecified atom stereocenters. The number of benzene rings is 1. The number of aryl methyl sites for hydroxylation is 1. The summed E-state index contributed by atoms with van der Waals surface area (Å²) < 4.78 is 0. The van der Waals surface area contributed by atoms with Crippen LogP contribution in [0, 0.1) is 6.92 Å². The Morgan fingerprint density at radius 1 is 1.42 bits per heavy atom. The summed E-state index contributed by atoms with van der Waals surface area (Å²) in [4.78, 5) is 0. The van der Waals surface area contributed by atoms with Crippen LogP contribution in [0.5, 0.6) is 0 Å². The largest absolute Gasteiger partial charge is 0.302 e. The van der Waals surface area contributed by atoms with E-state index in [9.17, 15) is 0 Å². The fourth-order valence-electron chi connectivity index (χ4n) is 1.41. The van der Waals surface area contributed by atoms with E-state index in [-0.39, 0.29) is 0 Å². The van der Waals surface area contributed by atoms with Gasteiger partial charge in [0, 0.05) is 6.54 Å². The Bertz CT molecular complexity index is 296. The number of rotatable bonds is 1. The molecule has 2 rings (SSSR count). The first kappa shape index (κ1) is 7.43. The van der Waals surface area contributed by atoms with Gasteiger partial charge in [-0.25, -0.2) is 0 Å². The van der Waals surface area contributed by atoms with Crippen molar-refractivity contribution in [3.63, 3.8) is 0 Å². The molecule has 0 atom stereocenters. The molecular formula is C9H13N3. The number of hydrogen-bond acceptors (Lipinski definition) is 3. The Labute approximate surface area is 72.3 Å². The second-order valence-corrected chi connectivity index (χ2v) is 3.00. The van der Waals surface area contributed by atoms with E-state index in [0.29, 0.717) is 0 Å². The smallest absolute Gasteiger partial charge is 0.0785 e. The molecule has 0 aromatic heterocycles. The van der Waals surface area contributed by atoms with E-state index in [1.54, 1.807) is 0 Å². The second kappa shape index (κ2) is 2.68. The van der Waals surface area contributed by atoms with Crippen LogP contribution in [0.25, 0.3) is 0 Å². The predicted octanol–water partition coefficient (Wildman–Crippen LogP) is 1.67. The predicted molar refractivity (Wildman–Crippen MR) is 51.0 cm³/mol. The minimum absolute atomic E-state index is 0.962. The highest BCUT2D eigenvalue weighted by Gasteiger charge is 2.15. The van der Waals surface area contributed by atoms with Gasteiger partial charge in [0.25, 0.3) is 0 Å². The highest BCUT2D eigenvalue weighted by Crippen LogP contribution is 2.29. The number of anilines is 2. The third-order valence-corrected chi connectivity index (χ3v) is 2.09. The van der Waals surface area contributed by atoms with Gasteiger partial charge in [0.15, 0.2) is 0 Å². The topological polar surface area (TPSA) is 27.3 Å². The highest BCUT2D eigenvalue weighted by atomic mass is 15.7. The van der Waals surface area contributed by atoms with Crippen molar-refractivity contribution in [3.8, 4) is 0 Å². The average Bonchev–Trinajstić information content (AvgIpc) is 2.46. The van der Waals surface area contributed by atoms with Crippen LogP contribution in [0.3, 0.4) is 0 Å². The van der Waals surface area contributed by atoms with Crippen molar-refractivity contribution in [1.29, 1.82) is 0 Å². The minimum atomic E-state index is 0.962. The van der Waals surface area contributed by atoms with Gasteiger partial charge in [-0.1, -0.05) is 6.07 Å². The molecule has 0 amide bonds. The third-order valence-electron chi connectivity index (χ3n) is 2.09. The fourth-order valence-corrected chi connectivity index (χ4v) is 1.41. The van der Waals surface area contributed by atoms with Crippen LogP contribution in [0.1, 0.15) is 12.5 Å².